The maximum atomic E-state index is 12.4. The van der Waals surface area contributed by atoms with Gasteiger partial charge in [0.15, 0.2) is 10.3 Å². The maximum absolute atomic E-state index is 12.4. The summed E-state index contributed by atoms with van der Waals surface area (Å²) in [5.74, 6) is 0.575. The van der Waals surface area contributed by atoms with Crippen LogP contribution in [0.5, 0.6) is 0 Å². The molecule has 29 heavy (non-hydrogen) atoms. The highest BCUT2D eigenvalue weighted by atomic mass is 32.2. The van der Waals surface area contributed by atoms with Gasteiger partial charge < -0.3 is 15.7 Å². The number of anilines is 2. The zero-order valence-electron chi connectivity index (χ0n) is 14.6. The Labute approximate surface area is 169 Å². The SMILES string of the molecule is Nc1nc(=S)c2[nH]c(N=Nc3ccc(S(=O)(=O)Nc4ccccn4)cc3)nc2[nH]1. The lowest BCUT2D eigenvalue weighted by Gasteiger charge is -2.06. The molecule has 0 saturated heterocycles. The number of nitrogen functional groups attached to an aromatic ring is 1. The predicted octanol–water partition coefficient (Wildman–Crippen LogP) is 3.21. The van der Waals surface area contributed by atoms with Crippen molar-refractivity contribution in [1.82, 2.24) is 24.9 Å². The number of benzene rings is 1. The average molecular weight is 427 g/mol. The van der Waals surface area contributed by atoms with Crippen LogP contribution < -0.4 is 10.5 Å². The van der Waals surface area contributed by atoms with E-state index in [-0.39, 0.29) is 27.3 Å². The summed E-state index contributed by atoms with van der Waals surface area (Å²) in [5.41, 5.74) is 6.94. The standard InChI is InChI=1S/C16H13N9O2S2/c17-15-20-13-12(14(28)22-15)19-16(21-13)24-23-9-4-6-10(7-5-9)29(26,27)25-11-3-1-2-8-18-11/h1-8H,(H,18,25)(H4,17,19,20,21,22,28). The number of hydrogen-bond donors (Lipinski definition) is 4. The van der Waals surface area contributed by atoms with E-state index in [1.807, 2.05) is 0 Å². The molecule has 4 aromatic rings. The van der Waals surface area contributed by atoms with E-state index in [0.29, 0.717) is 16.9 Å². The lowest BCUT2D eigenvalue weighted by Crippen LogP contribution is -2.13. The number of nitrogens with two attached hydrogens (primary N) is 1. The van der Waals surface area contributed by atoms with Crippen LogP contribution in [0.2, 0.25) is 0 Å². The lowest BCUT2D eigenvalue weighted by atomic mass is 10.3. The summed E-state index contributed by atoms with van der Waals surface area (Å²) < 4.78 is 27.5. The van der Waals surface area contributed by atoms with Crippen molar-refractivity contribution in [3.05, 3.63) is 53.3 Å². The topological polar surface area (TPSA) is 167 Å². The molecule has 5 N–H and O–H groups in total. The summed E-state index contributed by atoms with van der Waals surface area (Å²) in [6.07, 6.45) is 1.50. The molecule has 0 aliphatic heterocycles. The number of aromatic amines is 2. The van der Waals surface area contributed by atoms with E-state index >= 15 is 0 Å². The highest BCUT2D eigenvalue weighted by Crippen LogP contribution is 2.22. The molecular weight excluding hydrogens is 414 g/mol. The van der Waals surface area contributed by atoms with Crippen molar-refractivity contribution in [1.29, 1.82) is 0 Å². The molecule has 13 heteroatoms. The van der Waals surface area contributed by atoms with Gasteiger partial charge in [0.1, 0.15) is 11.3 Å². The number of hydrogen-bond acceptors (Lipinski definition) is 9. The summed E-state index contributed by atoms with van der Waals surface area (Å²) in [7, 11) is -3.76. The van der Waals surface area contributed by atoms with E-state index in [0.717, 1.165) is 0 Å². The smallest absolute Gasteiger partial charge is 0.263 e. The molecule has 4 rings (SSSR count). The Kier molecular flexibility index (Phi) is 4.74. The van der Waals surface area contributed by atoms with Gasteiger partial charge in [-0.3, -0.25) is 4.72 Å². The third kappa shape index (κ3) is 4.09. The molecule has 0 aliphatic carbocycles. The van der Waals surface area contributed by atoms with Crippen LogP contribution in [0.1, 0.15) is 0 Å². The fourth-order valence-corrected chi connectivity index (χ4v) is 3.64. The average Bonchev–Trinajstić information content (AvgIpc) is 3.10. The monoisotopic (exact) mass is 427 g/mol. The van der Waals surface area contributed by atoms with Gasteiger partial charge in [-0.15, -0.1) is 10.2 Å². The number of sulfonamides is 1. The van der Waals surface area contributed by atoms with Gasteiger partial charge in [0.2, 0.25) is 11.9 Å². The normalized spacial score (nSPS) is 11.9. The van der Waals surface area contributed by atoms with Crippen molar-refractivity contribution in [2.75, 3.05) is 10.5 Å². The van der Waals surface area contributed by atoms with Gasteiger partial charge >= 0.3 is 0 Å². The molecule has 3 aromatic heterocycles. The third-order valence-corrected chi connectivity index (χ3v) is 5.35. The van der Waals surface area contributed by atoms with E-state index in [9.17, 15) is 8.42 Å². The number of pyridine rings is 1. The van der Waals surface area contributed by atoms with Crippen LogP contribution in [0.15, 0.2) is 63.8 Å². The number of aromatic nitrogens is 5. The second-order valence-corrected chi connectivity index (χ2v) is 7.79. The number of nitrogens with one attached hydrogen (secondary N) is 3. The quantitative estimate of drug-likeness (QED) is 0.280. The number of nitrogens with zero attached hydrogens (tertiary/aromatic N) is 5. The molecule has 0 amide bonds. The summed E-state index contributed by atoms with van der Waals surface area (Å²) in [6, 6.07) is 10.8. The summed E-state index contributed by atoms with van der Waals surface area (Å²) in [4.78, 5) is 17.8. The molecular formula is C16H13N9O2S2. The molecule has 0 saturated carbocycles. The zero-order chi connectivity index (χ0) is 20.4. The molecule has 0 atom stereocenters. The van der Waals surface area contributed by atoms with Crippen LogP contribution in [0.25, 0.3) is 11.2 Å². The molecule has 1 aromatic carbocycles. The Morgan fingerprint density at radius 3 is 2.55 bits per heavy atom. The molecule has 0 bridgehead atoms. The van der Waals surface area contributed by atoms with E-state index in [2.05, 4.69) is 39.9 Å². The molecule has 0 radical (unpaired) electrons. The lowest BCUT2D eigenvalue weighted by molar-refractivity contribution is 0.601. The van der Waals surface area contributed by atoms with Crippen molar-refractivity contribution in [2.45, 2.75) is 4.90 Å². The highest BCUT2D eigenvalue weighted by Gasteiger charge is 2.14. The van der Waals surface area contributed by atoms with Gasteiger partial charge in [0, 0.05) is 6.20 Å². The summed E-state index contributed by atoms with van der Waals surface area (Å²) in [6.45, 7) is 0. The minimum Gasteiger partial charge on any atom is -0.369 e. The van der Waals surface area contributed by atoms with E-state index in [1.165, 1.54) is 30.5 Å². The molecule has 0 unspecified atom stereocenters. The van der Waals surface area contributed by atoms with Gasteiger partial charge in [-0.05, 0) is 36.4 Å². The van der Waals surface area contributed by atoms with Crippen molar-refractivity contribution in [3.63, 3.8) is 0 Å². The van der Waals surface area contributed by atoms with Crippen LogP contribution >= 0.6 is 12.2 Å². The summed E-state index contributed by atoms with van der Waals surface area (Å²) >= 11 is 5.11. The second-order valence-electron chi connectivity index (χ2n) is 5.73. The second kappa shape index (κ2) is 7.37. The number of fused-ring (bicyclic) bond motifs is 1. The summed E-state index contributed by atoms with van der Waals surface area (Å²) in [5, 5.41) is 8.03. The van der Waals surface area contributed by atoms with E-state index in [1.54, 1.807) is 18.2 Å². The van der Waals surface area contributed by atoms with Crippen molar-refractivity contribution >= 4 is 56.8 Å². The Balaban J connectivity index is 1.54. The van der Waals surface area contributed by atoms with Crippen LogP contribution in [0, 0.1) is 4.64 Å². The first kappa shape index (κ1) is 18.6. The molecule has 11 nitrogen and oxygen atoms in total. The first-order valence-electron chi connectivity index (χ1n) is 8.12. The molecule has 146 valence electrons. The van der Waals surface area contributed by atoms with Crippen LogP contribution in [-0.4, -0.2) is 33.3 Å². The largest absolute Gasteiger partial charge is 0.369 e. The van der Waals surface area contributed by atoms with Gasteiger partial charge in [-0.2, -0.15) is 4.98 Å². The number of imidazole rings is 1. The van der Waals surface area contributed by atoms with Crippen molar-refractivity contribution in [3.8, 4) is 0 Å². The molecule has 0 fully saturated rings. The number of rotatable bonds is 5. The molecule has 3 heterocycles. The van der Waals surface area contributed by atoms with Crippen LogP contribution in [0.3, 0.4) is 0 Å². The van der Waals surface area contributed by atoms with E-state index in [4.69, 9.17) is 18.0 Å². The molecule has 0 spiro atoms. The van der Waals surface area contributed by atoms with Gasteiger partial charge in [-0.1, -0.05) is 18.3 Å². The third-order valence-electron chi connectivity index (χ3n) is 3.68. The fraction of sp³-hybridized carbons (Fsp3) is 0. The Morgan fingerprint density at radius 1 is 1.03 bits per heavy atom. The van der Waals surface area contributed by atoms with Gasteiger partial charge in [-0.25, -0.2) is 18.4 Å². The number of H-pyrrole nitrogens is 2. The minimum absolute atomic E-state index is 0.0674. The highest BCUT2D eigenvalue weighted by molar-refractivity contribution is 7.92. The molecule has 0 aliphatic rings. The van der Waals surface area contributed by atoms with Crippen LogP contribution in [0.4, 0.5) is 23.4 Å². The zero-order valence-corrected chi connectivity index (χ0v) is 16.2. The first-order valence-corrected chi connectivity index (χ1v) is 10.0. The van der Waals surface area contributed by atoms with Crippen molar-refractivity contribution in [2.24, 2.45) is 10.2 Å². The van der Waals surface area contributed by atoms with Gasteiger partial charge in [0.25, 0.3) is 10.0 Å². The van der Waals surface area contributed by atoms with Crippen LogP contribution in [-0.2, 0) is 10.0 Å². The Morgan fingerprint density at radius 2 is 1.83 bits per heavy atom. The number of azo groups is 1. The fourth-order valence-electron chi connectivity index (χ4n) is 2.38. The van der Waals surface area contributed by atoms with E-state index < -0.39 is 10.0 Å². The van der Waals surface area contributed by atoms with Crippen molar-refractivity contribution < 1.29 is 8.42 Å². The Bertz CT molecular complexity index is 1360. The maximum Gasteiger partial charge on any atom is 0.263 e. The van der Waals surface area contributed by atoms with Gasteiger partial charge in [0.05, 0.1) is 10.6 Å². The predicted molar refractivity (Wildman–Crippen MR) is 109 cm³/mol. The first-order chi connectivity index (χ1) is 13.9. The minimum atomic E-state index is -3.76. The Hall–Kier alpha value is -3.71.